The summed E-state index contributed by atoms with van der Waals surface area (Å²) in [6, 6.07) is 15.3. The van der Waals surface area contributed by atoms with Crippen LogP contribution < -0.4 is 14.8 Å². The van der Waals surface area contributed by atoms with Gasteiger partial charge in [-0.05, 0) is 29.8 Å². The minimum atomic E-state index is -1.24. The van der Waals surface area contributed by atoms with E-state index in [0.29, 0.717) is 22.5 Å². The van der Waals surface area contributed by atoms with Crippen LogP contribution in [0.2, 0.25) is 0 Å². The summed E-state index contributed by atoms with van der Waals surface area (Å²) in [5.74, 6) is -0.648. The number of carboxylic acid groups (broad SMARTS) is 1. The molecule has 0 aromatic heterocycles. The van der Waals surface area contributed by atoms with Crippen molar-refractivity contribution in [3.63, 3.8) is 0 Å². The van der Waals surface area contributed by atoms with Crippen molar-refractivity contribution in [1.82, 2.24) is 4.58 Å². The Kier molecular flexibility index (Phi) is 5.14. The number of nitro groups is 1. The van der Waals surface area contributed by atoms with Crippen LogP contribution in [0.25, 0.3) is 33.4 Å². The number of benzene rings is 3. The maximum absolute atomic E-state index is 12.1. The Bertz CT molecular complexity index is 1430. The van der Waals surface area contributed by atoms with Gasteiger partial charge in [-0.15, -0.1) is 0 Å². The number of nitro benzene ring substituents is 1. The number of hydrogen-bond acceptors (Lipinski definition) is 5. The standard InChI is InChI=1S/C24H21N3O5/c1-25(2)14-5-9-18-21(12-14)32-22-13-15(26(3)4)6-10-19(22)23(18)17-8-7-16(27(30)31)11-20(17)24(28)29/h5-13H,1-4H3/p+1. The van der Waals surface area contributed by atoms with Gasteiger partial charge in [0.25, 0.3) is 5.69 Å². The molecule has 1 heterocycles. The van der Waals surface area contributed by atoms with Crippen molar-refractivity contribution in [2.75, 3.05) is 33.1 Å². The molecule has 0 saturated heterocycles. The van der Waals surface area contributed by atoms with Gasteiger partial charge in [0.15, 0.2) is 0 Å². The predicted octanol–water partition coefficient (Wildman–Crippen LogP) is 3.91. The molecule has 0 unspecified atom stereocenters. The number of fused-ring (bicyclic) bond motifs is 2. The zero-order chi connectivity index (χ0) is 23.2. The van der Waals surface area contributed by atoms with Crippen LogP contribution in [-0.2, 0) is 0 Å². The lowest BCUT2D eigenvalue weighted by Gasteiger charge is -2.18. The van der Waals surface area contributed by atoms with Crippen LogP contribution in [0.4, 0.5) is 11.4 Å². The van der Waals surface area contributed by atoms with E-state index >= 15 is 0 Å². The molecular formula is C24H22N3O5+. The molecule has 1 N–H and O–H groups in total. The summed E-state index contributed by atoms with van der Waals surface area (Å²) in [6.07, 6.45) is 0. The SMILES string of the molecule is CN(C)c1ccc2c(-c3ccc([N+](=O)[O-])cc3C(=O)O)c3ccc(=[N+](C)C)cc-3oc2c1. The van der Waals surface area contributed by atoms with E-state index in [1.54, 1.807) is 0 Å². The lowest BCUT2D eigenvalue weighted by Crippen LogP contribution is -2.21. The van der Waals surface area contributed by atoms with Gasteiger partial charge in [-0.25, -0.2) is 9.37 Å². The van der Waals surface area contributed by atoms with Crippen LogP contribution in [0.1, 0.15) is 10.4 Å². The third-order valence-electron chi connectivity index (χ3n) is 5.44. The van der Waals surface area contributed by atoms with Crippen molar-refractivity contribution in [3.05, 3.63) is 75.6 Å². The molecule has 1 aliphatic heterocycles. The van der Waals surface area contributed by atoms with E-state index in [1.807, 2.05) is 74.1 Å². The van der Waals surface area contributed by atoms with Gasteiger partial charge in [-0.2, -0.15) is 0 Å². The van der Waals surface area contributed by atoms with Gasteiger partial charge in [0.05, 0.1) is 16.6 Å². The molecule has 8 nitrogen and oxygen atoms in total. The zero-order valence-corrected chi connectivity index (χ0v) is 18.1. The van der Waals surface area contributed by atoms with Crippen LogP contribution in [0, 0.1) is 10.1 Å². The molecule has 8 heteroatoms. The maximum Gasteiger partial charge on any atom is 0.336 e. The molecule has 0 bridgehead atoms. The molecular weight excluding hydrogens is 410 g/mol. The maximum atomic E-state index is 12.1. The van der Waals surface area contributed by atoms with E-state index in [4.69, 9.17) is 4.42 Å². The van der Waals surface area contributed by atoms with Gasteiger partial charge in [-0.3, -0.25) is 10.1 Å². The molecule has 0 saturated carbocycles. The summed E-state index contributed by atoms with van der Waals surface area (Å²) in [5, 5.41) is 22.7. The summed E-state index contributed by atoms with van der Waals surface area (Å²) in [7, 11) is 7.69. The topological polar surface area (TPSA) is 99.8 Å². The quantitative estimate of drug-likeness (QED) is 0.227. The Morgan fingerprint density at radius 2 is 1.72 bits per heavy atom. The lowest BCUT2D eigenvalue weighted by molar-refractivity contribution is -0.384. The Balaban J connectivity index is 2.17. The molecule has 162 valence electrons. The highest BCUT2D eigenvalue weighted by molar-refractivity contribution is 6.08. The Morgan fingerprint density at radius 3 is 2.34 bits per heavy atom. The van der Waals surface area contributed by atoms with E-state index in [0.717, 1.165) is 28.1 Å². The average molecular weight is 432 g/mol. The summed E-state index contributed by atoms with van der Waals surface area (Å²) in [4.78, 5) is 24.7. The highest BCUT2D eigenvalue weighted by Gasteiger charge is 2.24. The minimum absolute atomic E-state index is 0.138. The molecule has 0 radical (unpaired) electrons. The Hall–Kier alpha value is -4.20. The Labute approximate surface area is 183 Å². The first-order valence-corrected chi connectivity index (χ1v) is 9.87. The van der Waals surface area contributed by atoms with Crippen LogP contribution >= 0.6 is 0 Å². The fourth-order valence-corrected chi connectivity index (χ4v) is 3.75. The second-order valence-electron chi connectivity index (χ2n) is 7.92. The summed E-state index contributed by atoms with van der Waals surface area (Å²) in [5.41, 5.74) is 2.87. The number of rotatable bonds is 4. The van der Waals surface area contributed by atoms with Gasteiger partial charge in [-0.1, -0.05) is 0 Å². The Morgan fingerprint density at radius 1 is 1.00 bits per heavy atom. The first kappa shape index (κ1) is 21.0. The van der Waals surface area contributed by atoms with E-state index < -0.39 is 10.9 Å². The normalized spacial score (nSPS) is 11.0. The van der Waals surface area contributed by atoms with Crippen LogP contribution in [0.3, 0.4) is 0 Å². The zero-order valence-electron chi connectivity index (χ0n) is 18.1. The van der Waals surface area contributed by atoms with Crippen molar-refractivity contribution >= 4 is 28.3 Å². The fourth-order valence-electron chi connectivity index (χ4n) is 3.75. The lowest BCUT2D eigenvalue weighted by atomic mass is 9.90. The van der Waals surface area contributed by atoms with Crippen LogP contribution in [0.15, 0.2) is 59.0 Å². The largest absolute Gasteiger partial charge is 0.478 e. The monoisotopic (exact) mass is 432 g/mol. The van der Waals surface area contributed by atoms with Gasteiger partial charge in [0, 0.05) is 60.6 Å². The molecule has 0 spiro atoms. The number of non-ortho nitro benzene ring substituents is 1. The van der Waals surface area contributed by atoms with Crippen molar-refractivity contribution < 1.29 is 19.2 Å². The van der Waals surface area contributed by atoms with Crippen molar-refractivity contribution in [1.29, 1.82) is 0 Å². The number of hydrogen-bond donors (Lipinski definition) is 1. The second kappa shape index (κ2) is 7.81. The van der Waals surface area contributed by atoms with Crippen molar-refractivity contribution in [2.45, 2.75) is 0 Å². The smallest absolute Gasteiger partial charge is 0.336 e. The third-order valence-corrected chi connectivity index (χ3v) is 5.44. The summed E-state index contributed by atoms with van der Waals surface area (Å²) >= 11 is 0. The predicted molar refractivity (Wildman–Crippen MR) is 123 cm³/mol. The number of aromatic carboxylic acids is 1. The second-order valence-corrected chi connectivity index (χ2v) is 7.92. The molecule has 2 aromatic rings. The van der Waals surface area contributed by atoms with E-state index in [9.17, 15) is 20.0 Å². The number of carbonyl (C=O) groups is 1. The number of carboxylic acids is 1. The van der Waals surface area contributed by atoms with Gasteiger partial charge in [0.1, 0.15) is 25.4 Å². The molecule has 4 rings (SSSR count). The van der Waals surface area contributed by atoms with E-state index in [1.165, 1.54) is 12.1 Å². The molecule has 2 aromatic carbocycles. The first-order chi connectivity index (χ1) is 15.2. The van der Waals surface area contributed by atoms with Gasteiger partial charge < -0.3 is 14.4 Å². The first-order valence-electron chi connectivity index (χ1n) is 9.87. The average Bonchev–Trinajstić information content (AvgIpc) is 2.75. The van der Waals surface area contributed by atoms with Crippen LogP contribution in [-0.4, -0.2) is 44.2 Å². The summed E-state index contributed by atoms with van der Waals surface area (Å²) in [6.45, 7) is 0. The molecule has 2 aliphatic rings. The fraction of sp³-hybridized carbons (Fsp3) is 0.167. The van der Waals surface area contributed by atoms with E-state index in [2.05, 4.69) is 0 Å². The molecule has 1 aliphatic carbocycles. The highest BCUT2D eigenvalue weighted by Crippen LogP contribution is 2.42. The molecule has 0 fully saturated rings. The molecule has 0 atom stereocenters. The summed E-state index contributed by atoms with van der Waals surface area (Å²) < 4.78 is 8.19. The van der Waals surface area contributed by atoms with Gasteiger partial charge in [0.2, 0.25) is 5.36 Å². The van der Waals surface area contributed by atoms with E-state index in [-0.39, 0.29) is 11.3 Å². The van der Waals surface area contributed by atoms with Crippen molar-refractivity contribution in [2.24, 2.45) is 0 Å². The van der Waals surface area contributed by atoms with Gasteiger partial charge >= 0.3 is 5.97 Å². The number of anilines is 1. The van der Waals surface area contributed by atoms with Crippen molar-refractivity contribution in [3.8, 4) is 22.5 Å². The molecule has 32 heavy (non-hydrogen) atoms. The molecule has 0 amide bonds. The minimum Gasteiger partial charge on any atom is -0.478 e. The van der Waals surface area contributed by atoms with Crippen LogP contribution in [0.5, 0.6) is 0 Å². The highest BCUT2D eigenvalue weighted by atomic mass is 16.6. The third kappa shape index (κ3) is 3.56. The number of nitrogens with zero attached hydrogens (tertiary/aromatic N) is 3.